The molecule has 4 nitrogen and oxygen atoms in total. The van der Waals surface area contributed by atoms with Crippen LogP contribution in [-0.2, 0) is 11.2 Å². The van der Waals surface area contributed by atoms with Crippen molar-refractivity contribution in [1.82, 2.24) is 4.98 Å². The average molecular weight is 260 g/mol. The summed E-state index contributed by atoms with van der Waals surface area (Å²) >= 11 is 0. The number of hydrogen-bond donors (Lipinski definition) is 0. The maximum atomic E-state index is 12.1. The number of methoxy groups -OCH3 is 1. The highest BCUT2D eigenvalue weighted by Gasteiger charge is 2.44. The minimum atomic E-state index is 0.122. The first kappa shape index (κ1) is 12.5. The molecule has 0 aromatic carbocycles. The van der Waals surface area contributed by atoms with E-state index < -0.39 is 0 Å². The predicted octanol–water partition coefficient (Wildman–Crippen LogP) is 2.41. The second-order valence-electron chi connectivity index (χ2n) is 5.72. The number of rotatable bonds is 2. The molecule has 2 aliphatic rings. The third-order valence-corrected chi connectivity index (χ3v) is 4.23. The van der Waals surface area contributed by atoms with E-state index in [1.807, 2.05) is 17.0 Å². The summed E-state index contributed by atoms with van der Waals surface area (Å²) in [6.45, 7) is 3.88. The number of hydrogen-bond acceptors (Lipinski definition) is 3. The summed E-state index contributed by atoms with van der Waals surface area (Å²) < 4.78 is 5.18. The highest BCUT2D eigenvalue weighted by atomic mass is 16.5. The molecule has 1 aliphatic heterocycles. The molecule has 0 radical (unpaired) electrons. The smallest absolute Gasteiger partial charge is 0.224 e. The zero-order valence-corrected chi connectivity index (χ0v) is 11.7. The van der Waals surface area contributed by atoms with Gasteiger partial charge in [0.25, 0.3) is 0 Å². The van der Waals surface area contributed by atoms with Crippen LogP contribution in [0.15, 0.2) is 12.1 Å². The molecule has 1 saturated carbocycles. The van der Waals surface area contributed by atoms with E-state index in [1.165, 1.54) is 12.8 Å². The number of carbonyl (C=O) groups is 1. The van der Waals surface area contributed by atoms with E-state index >= 15 is 0 Å². The fourth-order valence-electron chi connectivity index (χ4n) is 3.29. The quantitative estimate of drug-likeness (QED) is 0.820. The van der Waals surface area contributed by atoms with Gasteiger partial charge in [-0.25, -0.2) is 4.98 Å². The number of amides is 1. The van der Waals surface area contributed by atoms with Crippen LogP contribution in [0.4, 0.5) is 5.69 Å². The number of carbonyl (C=O) groups excluding carboxylic acids is 1. The van der Waals surface area contributed by atoms with Crippen LogP contribution in [0.1, 0.15) is 32.4 Å². The van der Waals surface area contributed by atoms with Crippen LogP contribution in [0.2, 0.25) is 0 Å². The van der Waals surface area contributed by atoms with E-state index in [4.69, 9.17) is 4.74 Å². The fourth-order valence-corrected chi connectivity index (χ4v) is 3.29. The Morgan fingerprint density at radius 1 is 1.42 bits per heavy atom. The maximum absolute atomic E-state index is 12.1. The molecule has 0 bridgehead atoms. The third-order valence-electron chi connectivity index (χ3n) is 4.23. The molecular weight excluding hydrogens is 240 g/mol. The lowest BCUT2D eigenvalue weighted by Gasteiger charge is -2.40. The molecule has 1 aliphatic carbocycles. The monoisotopic (exact) mass is 260 g/mol. The van der Waals surface area contributed by atoms with E-state index in [1.54, 1.807) is 14.0 Å². The Morgan fingerprint density at radius 3 is 2.74 bits per heavy atom. The summed E-state index contributed by atoms with van der Waals surface area (Å²) in [6, 6.07) is 4.17. The van der Waals surface area contributed by atoms with Gasteiger partial charge in [-0.3, -0.25) is 4.79 Å². The van der Waals surface area contributed by atoms with Gasteiger partial charge in [0, 0.05) is 19.0 Å². The van der Waals surface area contributed by atoms with Gasteiger partial charge >= 0.3 is 0 Å². The number of nitrogens with zero attached hydrogens (tertiary/aromatic N) is 2. The summed E-state index contributed by atoms with van der Waals surface area (Å²) in [5.41, 5.74) is 1.96. The first-order valence-corrected chi connectivity index (χ1v) is 6.95. The molecule has 1 unspecified atom stereocenters. The summed E-state index contributed by atoms with van der Waals surface area (Å²) in [5, 5.41) is 0. The van der Waals surface area contributed by atoms with Crippen LogP contribution < -0.4 is 9.64 Å². The SMILES string of the molecule is COc1ccc2c(n1)CC(C)[C@H](C1CC1)N2C(C)=O. The van der Waals surface area contributed by atoms with Crippen molar-refractivity contribution in [3.8, 4) is 5.88 Å². The first-order chi connectivity index (χ1) is 9.11. The Kier molecular flexibility index (Phi) is 2.96. The molecule has 2 atom stereocenters. The van der Waals surface area contributed by atoms with E-state index in [0.717, 1.165) is 17.8 Å². The van der Waals surface area contributed by atoms with Gasteiger partial charge in [0.1, 0.15) is 0 Å². The number of anilines is 1. The third kappa shape index (κ3) is 2.09. The first-order valence-electron chi connectivity index (χ1n) is 6.95. The molecule has 19 heavy (non-hydrogen) atoms. The highest BCUT2D eigenvalue weighted by Crippen LogP contribution is 2.45. The van der Waals surface area contributed by atoms with Gasteiger partial charge < -0.3 is 9.64 Å². The number of pyridine rings is 1. The minimum Gasteiger partial charge on any atom is -0.481 e. The molecule has 0 saturated heterocycles. The van der Waals surface area contributed by atoms with Crippen LogP contribution in [0.25, 0.3) is 0 Å². The lowest BCUT2D eigenvalue weighted by Crippen LogP contribution is -2.48. The van der Waals surface area contributed by atoms with Crippen molar-refractivity contribution in [3.63, 3.8) is 0 Å². The largest absolute Gasteiger partial charge is 0.481 e. The maximum Gasteiger partial charge on any atom is 0.224 e. The van der Waals surface area contributed by atoms with Crippen molar-refractivity contribution in [1.29, 1.82) is 0 Å². The van der Waals surface area contributed by atoms with Crippen molar-refractivity contribution in [2.24, 2.45) is 11.8 Å². The standard InChI is InChI=1S/C15H20N2O2/c1-9-8-12-13(6-7-14(16-12)19-3)17(10(2)18)15(9)11-4-5-11/h6-7,9,11,15H,4-5,8H2,1-3H3/t9?,15-/m1/s1. The number of ether oxygens (including phenoxy) is 1. The Labute approximate surface area is 113 Å². The van der Waals surface area contributed by atoms with Crippen LogP contribution >= 0.6 is 0 Å². The van der Waals surface area contributed by atoms with Crippen molar-refractivity contribution in [3.05, 3.63) is 17.8 Å². The zero-order chi connectivity index (χ0) is 13.6. The van der Waals surface area contributed by atoms with Gasteiger partial charge in [-0.2, -0.15) is 0 Å². The van der Waals surface area contributed by atoms with Crippen molar-refractivity contribution >= 4 is 11.6 Å². The number of fused-ring (bicyclic) bond motifs is 1. The Morgan fingerprint density at radius 2 is 2.16 bits per heavy atom. The van der Waals surface area contributed by atoms with Crippen LogP contribution in [0, 0.1) is 11.8 Å². The van der Waals surface area contributed by atoms with Gasteiger partial charge in [0.15, 0.2) is 0 Å². The van der Waals surface area contributed by atoms with Gasteiger partial charge in [-0.05, 0) is 37.2 Å². The van der Waals surface area contributed by atoms with Crippen molar-refractivity contribution in [2.75, 3.05) is 12.0 Å². The minimum absolute atomic E-state index is 0.122. The van der Waals surface area contributed by atoms with Gasteiger partial charge in [0.05, 0.1) is 18.5 Å². The van der Waals surface area contributed by atoms with Gasteiger partial charge in [-0.1, -0.05) is 6.92 Å². The topological polar surface area (TPSA) is 42.4 Å². The average Bonchev–Trinajstić information content (AvgIpc) is 3.20. The fraction of sp³-hybridized carbons (Fsp3) is 0.600. The molecule has 1 aromatic rings. The lowest BCUT2D eigenvalue weighted by atomic mass is 9.86. The normalized spacial score (nSPS) is 25.9. The van der Waals surface area contributed by atoms with E-state index in [2.05, 4.69) is 11.9 Å². The van der Waals surface area contributed by atoms with E-state index in [0.29, 0.717) is 23.8 Å². The molecule has 0 N–H and O–H groups in total. The predicted molar refractivity (Wildman–Crippen MR) is 73.3 cm³/mol. The van der Waals surface area contributed by atoms with Crippen LogP contribution in [0.3, 0.4) is 0 Å². The highest BCUT2D eigenvalue weighted by molar-refractivity contribution is 5.93. The van der Waals surface area contributed by atoms with Crippen LogP contribution in [0.5, 0.6) is 5.88 Å². The molecule has 2 heterocycles. The molecule has 1 fully saturated rings. The zero-order valence-electron chi connectivity index (χ0n) is 11.7. The van der Waals surface area contributed by atoms with Crippen molar-refractivity contribution in [2.45, 2.75) is 39.2 Å². The Balaban J connectivity index is 2.04. The molecular formula is C15H20N2O2. The van der Waals surface area contributed by atoms with Gasteiger partial charge in [-0.15, -0.1) is 0 Å². The molecule has 1 aromatic heterocycles. The summed E-state index contributed by atoms with van der Waals surface area (Å²) in [6.07, 6.45) is 3.42. The summed E-state index contributed by atoms with van der Waals surface area (Å²) in [4.78, 5) is 18.5. The summed E-state index contributed by atoms with van der Waals surface area (Å²) in [7, 11) is 1.62. The molecule has 102 valence electrons. The molecule has 4 heteroatoms. The molecule has 1 amide bonds. The summed E-state index contributed by atoms with van der Waals surface area (Å²) in [5.74, 6) is 1.88. The van der Waals surface area contributed by atoms with Gasteiger partial charge in [0.2, 0.25) is 11.8 Å². The second-order valence-corrected chi connectivity index (χ2v) is 5.72. The van der Waals surface area contributed by atoms with E-state index in [-0.39, 0.29) is 5.91 Å². The Bertz CT molecular complexity index is 511. The molecule has 3 rings (SSSR count). The molecule has 0 spiro atoms. The second kappa shape index (κ2) is 4.51. The lowest BCUT2D eigenvalue weighted by molar-refractivity contribution is -0.117. The van der Waals surface area contributed by atoms with Crippen LogP contribution in [-0.4, -0.2) is 24.0 Å². The Hall–Kier alpha value is -1.58. The van der Waals surface area contributed by atoms with E-state index in [9.17, 15) is 4.79 Å². The van der Waals surface area contributed by atoms with Crippen molar-refractivity contribution < 1.29 is 9.53 Å². The number of aromatic nitrogens is 1.